The maximum absolute atomic E-state index is 13.1. The van der Waals surface area contributed by atoms with Crippen LogP contribution in [0.25, 0.3) is 21.8 Å². The van der Waals surface area contributed by atoms with Crippen LogP contribution in [0.15, 0.2) is 45.8 Å². The van der Waals surface area contributed by atoms with Gasteiger partial charge in [-0.05, 0) is 49.4 Å². The van der Waals surface area contributed by atoms with Crippen LogP contribution in [-0.2, 0) is 17.8 Å². The fourth-order valence-corrected chi connectivity index (χ4v) is 5.34. The number of amides is 1. The smallest absolute Gasteiger partial charge is 0.349 e. The summed E-state index contributed by atoms with van der Waals surface area (Å²) in [5.74, 6) is 0.213. The number of nitrogens with one attached hydrogen (secondary N) is 1. The number of carbonyl (C=O) groups is 1. The van der Waals surface area contributed by atoms with E-state index >= 15 is 0 Å². The number of benzene rings is 1. The molecule has 0 bridgehead atoms. The molecule has 1 saturated heterocycles. The Morgan fingerprint density at radius 2 is 2.00 bits per heavy atom. The average Bonchev–Trinajstić information content (AvgIpc) is 3.58. The first-order chi connectivity index (χ1) is 16.0. The van der Waals surface area contributed by atoms with Crippen molar-refractivity contribution in [2.75, 3.05) is 23.3 Å². The van der Waals surface area contributed by atoms with Gasteiger partial charge in [0, 0.05) is 18.8 Å². The minimum absolute atomic E-state index is 0.139. The van der Waals surface area contributed by atoms with Crippen molar-refractivity contribution in [3.8, 4) is 11.5 Å². The Balaban J connectivity index is 1.55. The highest BCUT2D eigenvalue weighted by atomic mass is 32.1. The highest BCUT2D eigenvalue weighted by Gasteiger charge is 2.23. The molecule has 1 fully saturated rings. The number of rotatable bonds is 6. The number of fused-ring (bicyclic) bond motifs is 1. The van der Waals surface area contributed by atoms with Crippen LogP contribution in [0.3, 0.4) is 0 Å². The molecule has 0 spiro atoms. The van der Waals surface area contributed by atoms with Crippen LogP contribution in [0.4, 0.5) is 10.8 Å². The SMILES string of the molecule is CCc1cccc(C)c1NC(=O)Cn1c(=O)nc(-c2ccco2)c2nc(N3CCCC3)sc21. The van der Waals surface area contributed by atoms with E-state index in [9.17, 15) is 9.59 Å². The predicted octanol–water partition coefficient (Wildman–Crippen LogP) is 4.22. The first-order valence-electron chi connectivity index (χ1n) is 11.1. The maximum atomic E-state index is 13.1. The van der Waals surface area contributed by atoms with Gasteiger partial charge in [0.2, 0.25) is 5.91 Å². The van der Waals surface area contributed by atoms with E-state index in [0.29, 0.717) is 21.8 Å². The molecule has 170 valence electrons. The zero-order chi connectivity index (χ0) is 22.9. The number of hydrogen-bond acceptors (Lipinski definition) is 7. The van der Waals surface area contributed by atoms with Crippen LogP contribution in [0, 0.1) is 6.92 Å². The zero-order valence-corrected chi connectivity index (χ0v) is 19.4. The molecule has 3 aromatic heterocycles. The molecule has 9 heteroatoms. The number of furan rings is 1. The number of anilines is 2. The number of hydrogen-bond donors (Lipinski definition) is 1. The summed E-state index contributed by atoms with van der Waals surface area (Å²) in [6.45, 7) is 5.74. The van der Waals surface area contributed by atoms with E-state index in [4.69, 9.17) is 9.40 Å². The lowest BCUT2D eigenvalue weighted by molar-refractivity contribution is -0.116. The summed E-state index contributed by atoms with van der Waals surface area (Å²) in [5.41, 5.74) is 3.33. The van der Waals surface area contributed by atoms with Gasteiger partial charge in [-0.2, -0.15) is 4.98 Å². The van der Waals surface area contributed by atoms with Crippen molar-refractivity contribution in [2.24, 2.45) is 0 Å². The van der Waals surface area contributed by atoms with Gasteiger partial charge >= 0.3 is 5.69 Å². The van der Waals surface area contributed by atoms with Crippen LogP contribution in [0.1, 0.15) is 30.9 Å². The van der Waals surface area contributed by atoms with E-state index in [1.54, 1.807) is 18.4 Å². The molecular weight excluding hydrogens is 438 g/mol. The van der Waals surface area contributed by atoms with E-state index < -0.39 is 5.69 Å². The summed E-state index contributed by atoms with van der Waals surface area (Å²) in [4.78, 5) is 38.0. The molecule has 0 unspecified atom stereocenters. The Kier molecular flexibility index (Phi) is 5.72. The fourth-order valence-electron chi connectivity index (χ4n) is 4.23. The lowest BCUT2D eigenvalue weighted by Crippen LogP contribution is -2.30. The van der Waals surface area contributed by atoms with Gasteiger partial charge in [0.05, 0.1) is 6.26 Å². The van der Waals surface area contributed by atoms with Gasteiger partial charge in [0.15, 0.2) is 10.9 Å². The minimum atomic E-state index is -0.499. The third kappa shape index (κ3) is 4.04. The Labute approximate surface area is 194 Å². The molecule has 8 nitrogen and oxygen atoms in total. The van der Waals surface area contributed by atoms with Crippen LogP contribution in [-0.4, -0.2) is 33.5 Å². The van der Waals surface area contributed by atoms with Crippen LogP contribution >= 0.6 is 11.3 Å². The molecule has 4 heterocycles. The predicted molar refractivity (Wildman–Crippen MR) is 130 cm³/mol. The third-order valence-corrected chi connectivity index (χ3v) is 7.08. The molecule has 1 amide bonds. The second-order valence-electron chi connectivity index (χ2n) is 8.16. The molecular formula is C24H25N5O3S. The van der Waals surface area contributed by atoms with Gasteiger partial charge in [-0.1, -0.05) is 36.5 Å². The van der Waals surface area contributed by atoms with Gasteiger partial charge < -0.3 is 14.6 Å². The first kappa shape index (κ1) is 21.4. The molecule has 1 aromatic carbocycles. The van der Waals surface area contributed by atoms with Gasteiger partial charge in [-0.25, -0.2) is 9.78 Å². The Morgan fingerprint density at radius 3 is 2.73 bits per heavy atom. The van der Waals surface area contributed by atoms with Gasteiger partial charge in [-0.3, -0.25) is 9.36 Å². The molecule has 4 aromatic rings. The number of aromatic nitrogens is 3. The Bertz CT molecular complexity index is 1370. The minimum Gasteiger partial charge on any atom is -0.463 e. The standard InChI is InChI=1S/C24H25N5O3S/c1-3-16-9-6-8-15(2)19(16)25-18(30)14-29-22-21(27-24(33-22)28-11-4-5-12-28)20(26-23(29)31)17-10-7-13-32-17/h6-10,13H,3-5,11-12,14H2,1-2H3,(H,25,30). The third-order valence-electron chi connectivity index (χ3n) is 5.94. The van der Waals surface area contributed by atoms with E-state index in [0.717, 1.165) is 54.3 Å². The number of nitrogens with zero attached hydrogens (tertiary/aromatic N) is 4. The van der Waals surface area contributed by atoms with Crippen molar-refractivity contribution >= 4 is 38.4 Å². The lowest BCUT2D eigenvalue weighted by atomic mass is 10.1. The Hall–Kier alpha value is -3.46. The van der Waals surface area contributed by atoms with E-state index in [2.05, 4.69) is 15.2 Å². The summed E-state index contributed by atoms with van der Waals surface area (Å²) in [7, 11) is 0. The van der Waals surface area contributed by atoms with Crippen molar-refractivity contribution < 1.29 is 9.21 Å². The summed E-state index contributed by atoms with van der Waals surface area (Å²) in [6, 6.07) is 9.45. The van der Waals surface area contributed by atoms with E-state index in [-0.39, 0.29) is 12.5 Å². The zero-order valence-electron chi connectivity index (χ0n) is 18.6. The molecule has 5 rings (SSSR count). The molecule has 0 aliphatic carbocycles. The lowest BCUT2D eigenvalue weighted by Gasteiger charge is -2.14. The van der Waals surface area contributed by atoms with Crippen LogP contribution in [0.5, 0.6) is 0 Å². The maximum Gasteiger partial charge on any atom is 0.349 e. The molecule has 0 saturated carbocycles. The fraction of sp³-hybridized carbons (Fsp3) is 0.333. The van der Waals surface area contributed by atoms with E-state index in [1.807, 2.05) is 32.0 Å². The number of aryl methyl sites for hydroxylation is 2. The van der Waals surface area contributed by atoms with Gasteiger partial charge in [0.25, 0.3) is 0 Å². The Morgan fingerprint density at radius 1 is 1.18 bits per heavy atom. The molecule has 0 radical (unpaired) electrons. The molecule has 0 atom stereocenters. The highest BCUT2D eigenvalue weighted by Crippen LogP contribution is 2.34. The van der Waals surface area contributed by atoms with E-state index in [1.165, 1.54) is 15.9 Å². The summed E-state index contributed by atoms with van der Waals surface area (Å²) < 4.78 is 6.93. The monoisotopic (exact) mass is 463 g/mol. The largest absolute Gasteiger partial charge is 0.463 e. The average molecular weight is 464 g/mol. The van der Waals surface area contributed by atoms with Crippen molar-refractivity contribution in [3.63, 3.8) is 0 Å². The molecule has 1 aliphatic heterocycles. The van der Waals surface area contributed by atoms with Crippen molar-refractivity contribution in [3.05, 3.63) is 58.2 Å². The topological polar surface area (TPSA) is 93.3 Å². The summed E-state index contributed by atoms with van der Waals surface area (Å²) >= 11 is 1.42. The highest BCUT2D eigenvalue weighted by molar-refractivity contribution is 7.22. The normalized spacial score (nSPS) is 13.7. The first-order valence-corrected chi connectivity index (χ1v) is 12.0. The van der Waals surface area contributed by atoms with Crippen molar-refractivity contribution in [1.82, 2.24) is 14.5 Å². The molecule has 1 aliphatic rings. The number of thiazole rings is 1. The van der Waals surface area contributed by atoms with Gasteiger partial charge in [0.1, 0.15) is 22.6 Å². The van der Waals surface area contributed by atoms with Gasteiger partial charge in [-0.15, -0.1) is 0 Å². The number of para-hydroxylation sites is 1. The number of carbonyl (C=O) groups excluding carboxylic acids is 1. The quantitative estimate of drug-likeness (QED) is 0.460. The second kappa shape index (κ2) is 8.82. The van der Waals surface area contributed by atoms with Crippen molar-refractivity contribution in [1.29, 1.82) is 0 Å². The van der Waals surface area contributed by atoms with Crippen LogP contribution in [0.2, 0.25) is 0 Å². The van der Waals surface area contributed by atoms with Crippen LogP contribution < -0.4 is 15.9 Å². The molecule has 33 heavy (non-hydrogen) atoms. The molecule has 1 N–H and O–H groups in total. The van der Waals surface area contributed by atoms with Crippen molar-refractivity contribution in [2.45, 2.75) is 39.7 Å². The summed E-state index contributed by atoms with van der Waals surface area (Å²) in [5, 5.41) is 3.84. The second-order valence-corrected chi connectivity index (χ2v) is 9.12. The summed E-state index contributed by atoms with van der Waals surface area (Å²) in [6.07, 6.45) is 4.58.